The number of carbonyl (C=O) groups excluding carboxylic acids is 1. The van der Waals surface area contributed by atoms with Crippen molar-refractivity contribution in [3.05, 3.63) is 83.9 Å². The molecule has 0 spiro atoms. The Kier molecular flexibility index (Phi) is 14.0. The summed E-state index contributed by atoms with van der Waals surface area (Å²) in [6, 6.07) is 23.7. The van der Waals surface area contributed by atoms with E-state index in [4.69, 9.17) is 14.2 Å². The van der Waals surface area contributed by atoms with Crippen LogP contribution in [0.15, 0.2) is 72.8 Å². The highest BCUT2D eigenvalue weighted by molar-refractivity contribution is 5.92. The standard InChI is InChI=1S/C34H47N3O4/c1-5-36(6-2)22-24-39-31-19-20-32(33(26-31)40-25-23-37(7-3)8-4)35-34(38)21-16-28-14-17-30(18-15-28)41-27-29-12-10-9-11-13-29/h9-15,17-20,26H,5-8,16,21-25,27H2,1-4H3,(H,35,38). The van der Waals surface area contributed by atoms with Gasteiger partial charge >= 0.3 is 0 Å². The molecule has 3 aromatic rings. The van der Waals surface area contributed by atoms with Gasteiger partial charge in [-0.1, -0.05) is 70.2 Å². The highest BCUT2D eigenvalue weighted by Crippen LogP contribution is 2.30. The fraction of sp³-hybridized carbons (Fsp3) is 0.441. The predicted octanol–water partition coefficient (Wildman–Crippen LogP) is 6.28. The lowest BCUT2D eigenvalue weighted by Gasteiger charge is -2.20. The molecule has 1 amide bonds. The molecule has 0 heterocycles. The van der Waals surface area contributed by atoms with Crippen LogP contribution in [0.5, 0.6) is 17.2 Å². The Balaban J connectivity index is 1.55. The van der Waals surface area contributed by atoms with Crippen LogP contribution >= 0.6 is 0 Å². The van der Waals surface area contributed by atoms with Gasteiger partial charge in [0, 0.05) is 25.6 Å². The van der Waals surface area contributed by atoms with Gasteiger partial charge in [0.1, 0.15) is 37.1 Å². The second kappa shape index (κ2) is 18.0. The molecule has 1 N–H and O–H groups in total. The predicted molar refractivity (Wildman–Crippen MR) is 167 cm³/mol. The minimum absolute atomic E-state index is 0.0572. The van der Waals surface area contributed by atoms with E-state index in [1.807, 2.05) is 72.8 Å². The number of hydrogen-bond acceptors (Lipinski definition) is 6. The molecule has 0 bridgehead atoms. The molecule has 222 valence electrons. The van der Waals surface area contributed by atoms with Gasteiger partial charge in [-0.15, -0.1) is 0 Å². The second-order valence-electron chi connectivity index (χ2n) is 9.88. The highest BCUT2D eigenvalue weighted by Gasteiger charge is 2.12. The van der Waals surface area contributed by atoms with Gasteiger partial charge in [0.25, 0.3) is 0 Å². The topological polar surface area (TPSA) is 63.3 Å². The minimum Gasteiger partial charge on any atom is -0.492 e. The Bertz CT molecular complexity index is 1150. The number of nitrogens with one attached hydrogen (secondary N) is 1. The molecule has 0 atom stereocenters. The third kappa shape index (κ3) is 11.5. The largest absolute Gasteiger partial charge is 0.492 e. The molecule has 0 radical (unpaired) electrons. The summed E-state index contributed by atoms with van der Waals surface area (Å²) in [6.45, 7) is 15.9. The Morgan fingerprint density at radius 3 is 1.93 bits per heavy atom. The normalized spacial score (nSPS) is 11.1. The van der Waals surface area contributed by atoms with Crippen molar-refractivity contribution in [1.82, 2.24) is 9.80 Å². The second-order valence-corrected chi connectivity index (χ2v) is 9.88. The number of aryl methyl sites for hydroxylation is 1. The van der Waals surface area contributed by atoms with Crippen molar-refractivity contribution in [3.63, 3.8) is 0 Å². The molecule has 7 heteroatoms. The van der Waals surface area contributed by atoms with E-state index in [0.717, 1.165) is 61.9 Å². The Morgan fingerprint density at radius 2 is 1.29 bits per heavy atom. The lowest BCUT2D eigenvalue weighted by Crippen LogP contribution is -2.28. The molecule has 0 saturated carbocycles. The summed E-state index contributed by atoms with van der Waals surface area (Å²) in [4.78, 5) is 17.5. The summed E-state index contributed by atoms with van der Waals surface area (Å²) in [5.74, 6) is 2.12. The van der Waals surface area contributed by atoms with Gasteiger partial charge in [0.05, 0.1) is 5.69 Å². The first kappa shape index (κ1) is 32.0. The van der Waals surface area contributed by atoms with Crippen molar-refractivity contribution in [2.24, 2.45) is 0 Å². The number of likely N-dealkylation sites (N-methyl/N-ethyl adjacent to an activating group) is 2. The molecule has 0 saturated heterocycles. The molecule has 0 aliphatic carbocycles. The zero-order chi connectivity index (χ0) is 29.3. The first-order valence-electron chi connectivity index (χ1n) is 14.9. The van der Waals surface area contributed by atoms with Gasteiger partial charge in [0.2, 0.25) is 5.91 Å². The van der Waals surface area contributed by atoms with Crippen LogP contribution in [0.3, 0.4) is 0 Å². The molecule has 0 aliphatic rings. The Morgan fingerprint density at radius 1 is 0.683 bits per heavy atom. The van der Waals surface area contributed by atoms with Crippen LogP contribution in [0.25, 0.3) is 0 Å². The minimum atomic E-state index is -0.0572. The SMILES string of the molecule is CCN(CC)CCOc1ccc(NC(=O)CCc2ccc(OCc3ccccc3)cc2)c(OCCN(CC)CC)c1. The molecule has 3 rings (SSSR count). The van der Waals surface area contributed by atoms with E-state index >= 15 is 0 Å². The van der Waals surface area contributed by atoms with E-state index in [2.05, 4.69) is 42.8 Å². The smallest absolute Gasteiger partial charge is 0.224 e. The summed E-state index contributed by atoms with van der Waals surface area (Å²) in [5, 5.41) is 3.05. The van der Waals surface area contributed by atoms with Gasteiger partial charge in [0.15, 0.2) is 0 Å². The Hall–Kier alpha value is -3.55. The molecular weight excluding hydrogens is 514 g/mol. The van der Waals surface area contributed by atoms with Gasteiger partial charge in [-0.25, -0.2) is 0 Å². The van der Waals surface area contributed by atoms with Gasteiger partial charge in [-0.2, -0.15) is 0 Å². The van der Waals surface area contributed by atoms with Gasteiger partial charge in [-0.05, 0) is 68.0 Å². The quantitative estimate of drug-likeness (QED) is 0.186. The molecule has 0 aromatic heterocycles. The number of ether oxygens (including phenoxy) is 3. The lowest BCUT2D eigenvalue weighted by atomic mass is 10.1. The number of benzene rings is 3. The maximum Gasteiger partial charge on any atom is 0.224 e. The molecular formula is C34H47N3O4. The third-order valence-electron chi connectivity index (χ3n) is 7.17. The van der Waals surface area contributed by atoms with Crippen molar-refractivity contribution in [2.45, 2.75) is 47.1 Å². The van der Waals surface area contributed by atoms with Crippen LogP contribution in [-0.4, -0.2) is 68.2 Å². The van der Waals surface area contributed by atoms with Gasteiger partial charge in [-0.3, -0.25) is 4.79 Å². The average Bonchev–Trinajstić information content (AvgIpc) is 3.01. The van der Waals surface area contributed by atoms with E-state index in [0.29, 0.717) is 44.1 Å². The van der Waals surface area contributed by atoms with Crippen molar-refractivity contribution in [1.29, 1.82) is 0 Å². The summed E-state index contributed by atoms with van der Waals surface area (Å²) in [5.41, 5.74) is 2.87. The van der Waals surface area contributed by atoms with E-state index in [-0.39, 0.29) is 5.91 Å². The van der Waals surface area contributed by atoms with Crippen molar-refractivity contribution >= 4 is 11.6 Å². The molecule has 0 unspecified atom stereocenters. The summed E-state index contributed by atoms with van der Waals surface area (Å²) < 4.78 is 18.0. The van der Waals surface area contributed by atoms with Crippen molar-refractivity contribution < 1.29 is 19.0 Å². The zero-order valence-electron chi connectivity index (χ0n) is 25.2. The van der Waals surface area contributed by atoms with Gasteiger partial charge < -0.3 is 29.3 Å². The van der Waals surface area contributed by atoms with Crippen molar-refractivity contribution in [2.75, 3.05) is 57.8 Å². The fourth-order valence-electron chi connectivity index (χ4n) is 4.44. The summed E-state index contributed by atoms with van der Waals surface area (Å²) in [7, 11) is 0. The monoisotopic (exact) mass is 561 g/mol. The fourth-order valence-corrected chi connectivity index (χ4v) is 4.44. The number of amides is 1. The third-order valence-corrected chi connectivity index (χ3v) is 7.17. The zero-order valence-corrected chi connectivity index (χ0v) is 25.2. The van der Waals surface area contributed by atoms with Crippen LogP contribution in [0, 0.1) is 0 Å². The summed E-state index contributed by atoms with van der Waals surface area (Å²) in [6.07, 6.45) is 1.00. The first-order valence-corrected chi connectivity index (χ1v) is 14.9. The number of rotatable bonds is 19. The number of nitrogens with zero attached hydrogens (tertiary/aromatic N) is 2. The van der Waals surface area contributed by atoms with E-state index in [9.17, 15) is 4.79 Å². The Labute approximate surface area is 246 Å². The van der Waals surface area contributed by atoms with Crippen molar-refractivity contribution in [3.8, 4) is 17.2 Å². The van der Waals surface area contributed by atoms with Crippen LogP contribution in [0.1, 0.15) is 45.2 Å². The van der Waals surface area contributed by atoms with Crippen LogP contribution in [0.2, 0.25) is 0 Å². The molecule has 41 heavy (non-hydrogen) atoms. The van der Waals surface area contributed by atoms with Crippen LogP contribution in [-0.2, 0) is 17.8 Å². The first-order chi connectivity index (χ1) is 20.0. The van der Waals surface area contributed by atoms with Crippen LogP contribution in [0.4, 0.5) is 5.69 Å². The average molecular weight is 562 g/mol. The molecule has 0 fully saturated rings. The molecule has 0 aliphatic heterocycles. The van der Waals surface area contributed by atoms with E-state index in [1.165, 1.54) is 0 Å². The number of hydrogen-bond donors (Lipinski definition) is 1. The maximum atomic E-state index is 12.9. The van der Waals surface area contributed by atoms with Crippen LogP contribution < -0.4 is 19.5 Å². The lowest BCUT2D eigenvalue weighted by molar-refractivity contribution is -0.116. The number of carbonyl (C=O) groups is 1. The van der Waals surface area contributed by atoms with E-state index in [1.54, 1.807) is 0 Å². The molecule has 7 nitrogen and oxygen atoms in total. The summed E-state index contributed by atoms with van der Waals surface area (Å²) >= 11 is 0. The molecule has 3 aromatic carbocycles. The number of anilines is 1. The highest BCUT2D eigenvalue weighted by atomic mass is 16.5. The van der Waals surface area contributed by atoms with E-state index < -0.39 is 0 Å². The maximum absolute atomic E-state index is 12.9.